The lowest BCUT2D eigenvalue weighted by Crippen LogP contribution is -2.56. The second kappa shape index (κ2) is 12.8. The Morgan fingerprint density at radius 1 is 1.20 bits per heavy atom. The lowest BCUT2D eigenvalue weighted by atomic mass is 10.1. The van der Waals surface area contributed by atoms with Gasteiger partial charge in [0, 0.05) is 45.5 Å². The fraction of sp³-hybridized carbons (Fsp3) is 0.464. The average Bonchev–Trinajstić information content (AvgIpc) is 3.36. The summed E-state index contributed by atoms with van der Waals surface area (Å²) in [5.74, 6) is -0.370. The van der Waals surface area contributed by atoms with Crippen molar-refractivity contribution in [2.75, 3.05) is 58.4 Å². The third-order valence-electron chi connectivity index (χ3n) is 7.51. The Labute approximate surface area is 242 Å². The first-order valence-electron chi connectivity index (χ1n) is 13.3. The Bertz CT molecular complexity index is 1430. The van der Waals surface area contributed by atoms with Gasteiger partial charge in [0.15, 0.2) is 11.0 Å². The van der Waals surface area contributed by atoms with Crippen molar-refractivity contribution in [3.63, 3.8) is 0 Å². The van der Waals surface area contributed by atoms with Gasteiger partial charge < -0.3 is 24.0 Å². The van der Waals surface area contributed by atoms with Gasteiger partial charge in [0.25, 0.3) is 0 Å². The zero-order valence-electron chi connectivity index (χ0n) is 22.9. The van der Waals surface area contributed by atoms with E-state index in [4.69, 9.17) is 32.4 Å². The fourth-order valence-electron chi connectivity index (χ4n) is 5.22. The number of anilines is 1. The molecule has 2 aromatic heterocycles. The molecule has 13 heteroatoms. The van der Waals surface area contributed by atoms with E-state index in [1.54, 1.807) is 12.0 Å². The Balaban J connectivity index is 1.36. The second-order valence-electron chi connectivity index (χ2n) is 10.1. The summed E-state index contributed by atoms with van der Waals surface area (Å²) in [6.07, 6.45) is 1.84. The Morgan fingerprint density at radius 3 is 2.73 bits per heavy atom. The van der Waals surface area contributed by atoms with Gasteiger partial charge in [-0.1, -0.05) is 41.9 Å². The molecule has 0 aliphatic carbocycles. The number of pyridine rings is 1. The average molecular weight is 584 g/mol. The minimum absolute atomic E-state index is 0.00836. The Morgan fingerprint density at radius 2 is 2.00 bits per heavy atom. The minimum atomic E-state index is -0.768. The summed E-state index contributed by atoms with van der Waals surface area (Å²) in [7, 11) is 3.68. The topological polar surface area (TPSA) is 97.5 Å². The SMILES string of the molecule is [C-]#[N+]C[C@H]1CN(c2nc(OC[C@@H]3C[C@@H](OC)CN3C)nc3c(F)c(Cl)ncc23)CCN1C(=O)OCc1ccccc1. The lowest BCUT2D eigenvalue weighted by molar-refractivity contribution is 0.0788. The molecule has 3 aromatic rings. The molecule has 1 aromatic carbocycles. The zero-order chi connectivity index (χ0) is 28.9. The largest absolute Gasteiger partial charge is 0.462 e. The van der Waals surface area contributed by atoms with Gasteiger partial charge in [0.05, 0.1) is 11.5 Å². The molecule has 2 aliphatic rings. The highest BCUT2D eigenvalue weighted by Gasteiger charge is 2.35. The van der Waals surface area contributed by atoms with Gasteiger partial charge in [-0.3, -0.25) is 9.80 Å². The van der Waals surface area contributed by atoms with Gasteiger partial charge in [-0.25, -0.2) is 20.7 Å². The molecular formula is C28H31ClFN7O4. The van der Waals surface area contributed by atoms with Crippen LogP contribution < -0.4 is 9.64 Å². The number of likely N-dealkylation sites (N-methyl/N-ethyl adjacent to an activating group) is 1. The fourth-order valence-corrected chi connectivity index (χ4v) is 5.36. The number of fused-ring (bicyclic) bond motifs is 1. The lowest BCUT2D eigenvalue weighted by Gasteiger charge is -2.39. The molecule has 11 nitrogen and oxygen atoms in total. The van der Waals surface area contributed by atoms with Crippen molar-refractivity contribution in [2.45, 2.75) is 31.2 Å². The number of hydrogen-bond donors (Lipinski definition) is 0. The van der Waals surface area contributed by atoms with Crippen LogP contribution in [-0.4, -0.2) is 103 Å². The van der Waals surface area contributed by atoms with Crippen LogP contribution in [-0.2, 0) is 16.1 Å². The Hall–Kier alpha value is -3.79. The smallest absolute Gasteiger partial charge is 0.410 e. The van der Waals surface area contributed by atoms with Crippen LogP contribution in [0.5, 0.6) is 6.01 Å². The monoisotopic (exact) mass is 583 g/mol. The first kappa shape index (κ1) is 28.7. The number of likely N-dealkylation sites (tertiary alicyclic amines) is 1. The number of ether oxygens (including phenoxy) is 3. The maximum Gasteiger partial charge on any atom is 0.410 e. The van der Waals surface area contributed by atoms with Crippen LogP contribution in [0.25, 0.3) is 15.7 Å². The van der Waals surface area contributed by atoms with Gasteiger partial charge in [-0.2, -0.15) is 9.97 Å². The molecule has 2 saturated heterocycles. The number of nitrogens with zero attached hydrogens (tertiary/aromatic N) is 7. The number of amides is 1. The summed E-state index contributed by atoms with van der Waals surface area (Å²) in [5.41, 5.74) is 0.863. The van der Waals surface area contributed by atoms with Crippen LogP contribution >= 0.6 is 11.6 Å². The molecular weight excluding hydrogens is 553 g/mol. The van der Waals surface area contributed by atoms with E-state index in [0.717, 1.165) is 18.5 Å². The molecule has 5 rings (SSSR count). The van der Waals surface area contributed by atoms with Crippen LogP contribution in [0.1, 0.15) is 12.0 Å². The van der Waals surface area contributed by atoms with Crippen LogP contribution in [0.4, 0.5) is 15.0 Å². The number of hydrogen-bond acceptors (Lipinski definition) is 9. The molecule has 0 bridgehead atoms. The molecule has 0 spiro atoms. The van der Waals surface area contributed by atoms with Crippen molar-refractivity contribution in [1.29, 1.82) is 0 Å². The summed E-state index contributed by atoms with van der Waals surface area (Å²) in [4.78, 5) is 35.1. The third-order valence-corrected chi connectivity index (χ3v) is 7.78. The summed E-state index contributed by atoms with van der Waals surface area (Å²) in [6.45, 7) is 9.67. The first-order chi connectivity index (χ1) is 19.9. The molecule has 2 aliphatic heterocycles. The predicted octanol–water partition coefficient (Wildman–Crippen LogP) is 3.66. The highest BCUT2D eigenvalue weighted by molar-refractivity contribution is 6.30. The van der Waals surface area contributed by atoms with Crippen LogP contribution in [0, 0.1) is 12.4 Å². The van der Waals surface area contributed by atoms with Gasteiger partial charge in [0.2, 0.25) is 6.54 Å². The van der Waals surface area contributed by atoms with Crippen molar-refractivity contribution in [1.82, 2.24) is 24.8 Å². The van der Waals surface area contributed by atoms with E-state index in [0.29, 0.717) is 24.4 Å². The molecule has 41 heavy (non-hydrogen) atoms. The molecule has 4 heterocycles. The maximum absolute atomic E-state index is 15.1. The van der Waals surface area contributed by atoms with Crippen LogP contribution in [0.15, 0.2) is 36.5 Å². The summed E-state index contributed by atoms with van der Waals surface area (Å²) in [6, 6.07) is 9.02. The van der Waals surface area contributed by atoms with Crippen molar-refractivity contribution in [2.24, 2.45) is 0 Å². The number of piperazine rings is 1. The number of carbonyl (C=O) groups excluding carboxylic acids is 1. The van der Waals surface area contributed by atoms with Crippen LogP contribution in [0.2, 0.25) is 5.15 Å². The third kappa shape index (κ3) is 6.43. The van der Waals surface area contributed by atoms with E-state index >= 15 is 4.39 Å². The number of halogens is 2. The minimum Gasteiger partial charge on any atom is -0.462 e. The first-order valence-corrected chi connectivity index (χ1v) is 13.7. The molecule has 1 amide bonds. The molecule has 3 atom stereocenters. The number of aromatic nitrogens is 3. The second-order valence-corrected chi connectivity index (χ2v) is 10.5. The van der Waals surface area contributed by atoms with Crippen molar-refractivity contribution >= 4 is 34.4 Å². The van der Waals surface area contributed by atoms with Crippen molar-refractivity contribution < 1.29 is 23.4 Å². The zero-order valence-corrected chi connectivity index (χ0v) is 23.6. The summed E-state index contributed by atoms with van der Waals surface area (Å²) >= 11 is 5.99. The predicted molar refractivity (Wildman–Crippen MR) is 150 cm³/mol. The van der Waals surface area contributed by atoms with E-state index in [1.165, 1.54) is 6.20 Å². The summed E-state index contributed by atoms with van der Waals surface area (Å²) < 4.78 is 32.1. The molecule has 2 fully saturated rings. The molecule has 216 valence electrons. The maximum atomic E-state index is 15.1. The van der Waals surface area contributed by atoms with Gasteiger partial charge in [0.1, 0.15) is 30.6 Å². The van der Waals surface area contributed by atoms with Crippen molar-refractivity contribution in [3.8, 4) is 6.01 Å². The van der Waals surface area contributed by atoms with Gasteiger partial charge >= 0.3 is 12.1 Å². The summed E-state index contributed by atoms with van der Waals surface area (Å²) in [5, 5.41) is 0.0572. The van der Waals surface area contributed by atoms with E-state index in [2.05, 4.69) is 24.7 Å². The van der Waals surface area contributed by atoms with Gasteiger partial charge in [-0.05, 0) is 19.0 Å². The normalized spacial score (nSPS) is 21.2. The highest BCUT2D eigenvalue weighted by Crippen LogP contribution is 2.31. The molecule has 0 N–H and O–H groups in total. The number of rotatable bonds is 8. The van der Waals surface area contributed by atoms with E-state index < -0.39 is 18.0 Å². The quantitative estimate of drug-likeness (QED) is 0.291. The number of methoxy groups -OCH3 is 1. The molecule has 0 radical (unpaired) electrons. The van der Waals surface area contributed by atoms with Gasteiger partial charge in [-0.15, -0.1) is 0 Å². The van der Waals surface area contributed by atoms with Crippen LogP contribution in [0.3, 0.4) is 0 Å². The Kier molecular flexibility index (Phi) is 8.97. The standard InChI is InChI=1S/C28H31ClFN7O4/c1-31-12-20-14-36(9-10-37(20)28(38)41-16-18-7-5-4-6-8-18)26-22-13-32-25(29)23(30)24(22)33-27(34-26)40-17-19-11-21(39-3)15-35(19)2/h4-8,13,19-21H,9-12,14-17H2,2-3H3/t19-,20-,21+/m0/s1. The van der Waals surface area contributed by atoms with E-state index in [1.807, 2.05) is 42.3 Å². The van der Waals surface area contributed by atoms with E-state index in [-0.39, 0.29) is 55.1 Å². The number of benzene rings is 1. The molecule has 0 unspecified atom stereocenters. The van der Waals surface area contributed by atoms with Crippen molar-refractivity contribution in [3.05, 3.63) is 64.5 Å². The van der Waals surface area contributed by atoms with E-state index in [9.17, 15) is 4.79 Å². The molecule has 0 saturated carbocycles. The number of carbonyl (C=O) groups is 1. The highest BCUT2D eigenvalue weighted by atomic mass is 35.5.